The molecule has 0 radical (unpaired) electrons. The summed E-state index contributed by atoms with van der Waals surface area (Å²) in [5.41, 5.74) is 1.00. The first-order valence-corrected chi connectivity index (χ1v) is 7.47. The molecular weight excluding hydrogens is 302 g/mol. The van der Waals surface area contributed by atoms with Gasteiger partial charge < -0.3 is 9.47 Å². The van der Waals surface area contributed by atoms with Crippen molar-refractivity contribution < 1.29 is 14.3 Å². The molecule has 1 N–H and O–H groups in total. The maximum Gasteiger partial charge on any atom is 0.264 e. The first-order chi connectivity index (χ1) is 10.6. The van der Waals surface area contributed by atoms with Crippen LogP contribution in [0.25, 0.3) is 6.08 Å². The molecule has 1 aromatic carbocycles. The number of aromatic nitrogens is 2. The number of hydrogen-bond donors (Lipinski definition) is 1. The smallest absolute Gasteiger partial charge is 0.264 e. The molecule has 2 aromatic rings. The Morgan fingerprint density at radius 3 is 2.82 bits per heavy atom. The Bertz CT molecular complexity index is 682. The fraction of sp³-hybridized carbons (Fsp3) is 0.267. The van der Waals surface area contributed by atoms with E-state index in [4.69, 9.17) is 9.47 Å². The van der Waals surface area contributed by atoms with Gasteiger partial charge in [0, 0.05) is 0 Å². The summed E-state index contributed by atoms with van der Waals surface area (Å²) in [7, 11) is 1.56. The maximum absolute atomic E-state index is 11.8. The fourth-order valence-electron chi connectivity index (χ4n) is 1.75. The summed E-state index contributed by atoms with van der Waals surface area (Å²) in [6.45, 7) is 3.63. The lowest BCUT2D eigenvalue weighted by Crippen LogP contribution is -2.20. The third kappa shape index (κ3) is 4.29. The molecule has 1 aromatic heterocycles. The second-order valence-electron chi connectivity index (χ2n) is 4.37. The van der Waals surface area contributed by atoms with Crippen molar-refractivity contribution in [1.82, 2.24) is 10.2 Å². The molecule has 0 bridgehead atoms. The van der Waals surface area contributed by atoms with Gasteiger partial charge in [-0.25, -0.2) is 0 Å². The Hall–Kier alpha value is -2.41. The van der Waals surface area contributed by atoms with Crippen molar-refractivity contribution in [2.45, 2.75) is 13.8 Å². The van der Waals surface area contributed by atoms with Crippen LogP contribution in [0.5, 0.6) is 11.5 Å². The zero-order valence-electron chi connectivity index (χ0n) is 12.6. The van der Waals surface area contributed by atoms with Crippen molar-refractivity contribution in [3.05, 3.63) is 34.8 Å². The first kappa shape index (κ1) is 16.0. The lowest BCUT2D eigenvalue weighted by molar-refractivity contribution is -0.118. The monoisotopic (exact) mass is 319 g/mol. The number of ether oxygens (including phenoxy) is 2. The second kappa shape index (κ2) is 7.56. The number of allylic oxidation sites excluding steroid dienone is 1. The van der Waals surface area contributed by atoms with Crippen molar-refractivity contribution >= 4 is 28.5 Å². The number of aryl methyl sites for hydroxylation is 1. The van der Waals surface area contributed by atoms with Crippen LogP contribution in [-0.4, -0.2) is 29.8 Å². The highest BCUT2D eigenvalue weighted by Gasteiger charge is 2.10. The molecule has 1 heterocycles. The van der Waals surface area contributed by atoms with Gasteiger partial charge in [0.1, 0.15) is 5.01 Å². The van der Waals surface area contributed by atoms with E-state index >= 15 is 0 Å². The minimum atomic E-state index is -0.296. The molecule has 22 heavy (non-hydrogen) atoms. The summed E-state index contributed by atoms with van der Waals surface area (Å²) in [6, 6.07) is 5.52. The molecule has 0 unspecified atom stereocenters. The Kier molecular flexibility index (Phi) is 5.48. The molecule has 0 saturated carbocycles. The molecular formula is C15H17N3O3S. The van der Waals surface area contributed by atoms with E-state index in [-0.39, 0.29) is 12.5 Å². The van der Waals surface area contributed by atoms with Crippen molar-refractivity contribution in [2.24, 2.45) is 0 Å². The molecule has 0 aliphatic heterocycles. The number of carbonyl (C=O) groups excluding carboxylic acids is 1. The molecule has 0 fully saturated rings. The van der Waals surface area contributed by atoms with E-state index in [0.717, 1.165) is 10.6 Å². The van der Waals surface area contributed by atoms with Gasteiger partial charge in [-0.2, -0.15) is 0 Å². The molecule has 116 valence electrons. The summed E-state index contributed by atoms with van der Waals surface area (Å²) in [5, 5.41) is 11.5. The van der Waals surface area contributed by atoms with Gasteiger partial charge in [-0.3, -0.25) is 10.1 Å². The average Bonchev–Trinajstić information content (AvgIpc) is 2.91. The molecule has 0 aliphatic rings. The fourth-order valence-corrected chi connectivity index (χ4v) is 2.35. The number of methoxy groups -OCH3 is 1. The Labute approximate surface area is 132 Å². The van der Waals surface area contributed by atoms with Crippen LogP contribution in [0.4, 0.5) is 5.13 Å². The van der Waals surface area contributed by atoms with E-state index in [0.29, 0.717) is 16.6 Å². The second-order valence-corrected chi connectivity index (χ2v) is 5.56. The van der Waals surface area contributed by atoms with Gasteiger partial charge in [0.2, 0.25) is 5.13 Å². The minimum Gasteiger partial charge on any atom is -0.493 e. The molecule has 0 saturated heterocycles. The van der Waals surface area contributed by atoms with Gasteiger partial charge in [0.25, 0.3) is 5.91 Å². The van der Waals surface area contributed by atoms with E-state index < -0.39 is 0 Å². The Balaban J connectivity index is 1.97. The maximum atomic E-state index is 11.8. The van der Waals surface area contributed by atoms with E-state index in [2.05, 4.69) is 15.5 Å². The Morgan fingerprint density at radius 1 is 1.36 bits per heavy atom. The number of anilines is 1. The van der Waals surface area contributed by atoms with E-state index in [9.17, 15) is 4.79 Å². The number of nitrogens with zero attached hydrogens (tertiary/aromatic N) is 2. The van der Waals surface area contributed by atoms with Crippen LogP contribution in [0.3, 0.4) is 0 Å². The van der Waals surface area contributed by atoms with Gasteiger partial charge >= 0.3 is 0 Å². The number of carbonyl (C=O) groups is 1. The van der Waals surface area contributed by atoms with Gasteiger partial charge in [0.05, 0.1) is 7.11 Å². The summed E-state index contributed by atoms with van der Waals surface area (Å²) < 4.78 is 10.8. The average molecular weight is 319 g/mol. The van der Waals surface area contributed by atoms with Crippen molar-refractivity contribution in [2.75, 3.05) is 19.0 Å². The number of nitrogens with one attached hydrogen (secondary N) is 1. The highest BCUT2D eigenvalue weighted by Crippen LogP contribution is 2.28. The van der Waals surface area contributed by atoms with Gasteiger partial charge in [-0.1, -0.05) is 29.6 Å². The van der Waals surface area contributed by atoms with Crippen LogP contribution in [0.1, 0.15) is 17.5 Å². The third-order valence-electron chi connectivity index (χ3n) is 2.68. The van der Waals surface area contributed by atoms with Gasteiger partial charge in [0.15, 0.2) is 18.1 Å². The standard InChI is InChI=1S/C15H17N3O3S/c1-4-5-11-6-7-12(13(8-11)20-3)21-9-14(19)16-15-18-17-10(2)22-15/h4-8H,9H2,1-3H3,(H,16,18,19). The van der Waals surface area contributed by atoms with Crippen molar-refractivity contribution in [3.63, 3.8) is 0 Å². The zero-order chi connectivity index (χ0) is 15.9. The third-order valence-corrected chi connectivity index (χ3v) is 3.43. The highest BCUT2D eigenvalue weighted by atomic mass is 32.1. The minimum absolute atomic E-state index is 0.127. The van der Waals surface area contributed by atoms with Crippen LogP contribution in [0.2, 0.25) is 0 Å². The molecule has 7 heteroatoms. The number of rotatable bonds is 6. The van der Waals surface area contributed by atoms with Crippen molar-refractivity contribution in [1.29, 1.82) is 0 Å². The van der Waals surface area contributed by atoms with Gasteiger partial charge in [-0.15, -0.1) is 10.2 Å². The van der Waals surface area contributed by atoms with Crippen LogP contribution >= 0.6 is 11.3 Å². The number of amides is 1. The predicted octanol–water partition coefficient (Wildman–Crippen LogP) is 2.91. The van der Waals surface area contributed by atoms with Crippen LogP contribution in [-0.2, 0) is 4.79 Å². The molecule has 2 rings (SSSR count). The molecule has 1 amide bonds. The molecule has 0 spiro atoms. The molecule has 0 aliphatic carbocycles. The lowest BCUT2D eigenvalue weighted by atomic mass is 10.2. The first-order valence-electron chi connectivity index (χ1n) is 6.66. The highest BCUT2D eigenvalue weighted by molar-refractivity contribution is 7.15. The van der Waals surface area contributed by atoms with Crippen molar-refractivity contribution in [3.8, 4) is 11.5 Å². The van der Waals surface area contributed by atoms with Crippen LogP contribution < -0.4 is 14.8 Å². The molecule has 0 atom stereocenters. The summed E-state index contributed by atoms with van der Waals surface area (Å²) in [6.07, 6.45) is 3.89. The quantitative estimate of drug-likeness (QED) is 0.886. The van der Waals surface area contributed by atoms with E-state index in [1.807, 2.05) is 38.1 Å². The summed E-state index contributed by atoms with van der Waals surface area (Å²) in [4.78, 5) is 11.8. The zero-order valence-corrected chi connectivity index (χ0v) is 13.4. The number of hydrogen-bond acceptors (Lipinski definition) is 6. The summed E-state index contributed by atoms with van der Waals surface area (Å²) in [5.74, 6) is 0.797. The Morgan fingerprint density at radius 2 is 2.18 bits per heavy atom. The lowest BCUT2D eigenvalue weighted by Gasteiger charge is -2.10. The SMILES string of the molecule is CC=Cc1ccc(OCC(=O)Nc2nnc(C)s2)c(OC)c1. The summed E-state index contributed by atoms with van der Waals surface area (Å²) >= 11 is 1.31. The van der Waals surface area contributed by atoms with Crippen LogP contribution in [0, 0.1) is 6.92 Å². The largest absolute Gasteiger partial charge is 0.493 e. The normalized spacial score (nSPS) is 10.7. The number of benzene rings is 1. The molecule has 6 nitrogen and oxygen atoms in total. The topological polar surface area (TPSA) is 73.3 Å². The van der Waals surface area contributed by atoms with E-state index in [1.165, 1.54) is 11.3 Å². The van der Waals surface area contributed by atoms with Gasteiger partial charge in [-0.05, 0) is 31.5 Å². The predicted molar refractivity (Wildman–Crippen MR) is 86.5 cm³/mol. The van der Waals surface area contributed by atoms with E-state index in [1.54, 1.807) is 13.2 Å². The van der Waals surface area contributed by atoms with Crippen LogP contribution in [0.15, 0.2) is 24.3 Å².